The molecule has 10 nitrogen and oxygen atoms in total. The van der Waals surface area contributed by atoms with Gasteiger partial charge in [0, 0.05) is 23.3 Å². The zero-order valence-corrected chi connectivity index (χ0v) is 16.5. The topological polar surface area (TPSA) is 104 Å². The molecule has 1 aliphatic rings. The van der Waals surface area contributed by atoms with E-state index in [9.17, 15) is 4.79 Å². The first-order chi connectivity index (χ1) is 14.2. The number of rotatable bonds is 6. The Morgan fingerprint density at radius 3 is 2.90 bits per heavy atom. The van der Waals surface area contributed by atoms with E-state index in [4.69, 9.17) is 16.3 Å². The molecule has 1 fully saturated rings. The molecule has 3 heterocycles. The van der Waals surface area contributed by atoms with Crippen LogP contribution >= 0.6 is 11.6 Å². The second-order valence-electron chi connectivity index (χ2n) is 6.85. The second-order valence-corrected chi connectivity index (χ2v) is 7.26. The molecule has 1 amide bonds. The zero-order chi connectivity index (χ0) is 20.1. The maximum absolute atomic E-state index is 13.1. The van der Waals surface area contributed by atoms with Crippen molar-refractivity contribution in [2.75, 3.05) is 6.54 Å². The molecule has 152 valence electrons. The van der Waals surface area contributed by atoms with Crippen LogP contribution in [0.2, 0.25) is 5.02 Å². The summed E-state index contributed by atoms with van der Waals surface area (Å²) in [7, 11) is 0. The summed E-state index contributed by atoms with van der Waals surface area (Å²) in [6, 6.07) is 7.28. The first-order valence-corrected chi connectivity index (χ1v) is 9.85. The van der Waals surface area contributed by atoms with Crippen molar-refractivity contribution in [3.05, 3.63) is 53.6 Å². The van der Waals surface area contributed by atoms with E-state index >= 15 is 0 Å². The molecule has 0 aliphatic carbocycles. The normalized spacial score (nSPS) is 17.8. The van der Waals surface area contributed by atoms with E-state index in [1.807, 2.05) is 18.2 Å². The summed E-state index contributed by atoms with van der Waals surface area (Å²) in [5.41, 5.74) is 0.699. The predicted octanol–water partition coefficient (Wildman–Crippen LogP) is 2.35. The number of tetrazole rings is 1. The van der Waals surface area contributed by atoms with Crippen LogP contribution in [-0.4, -0.2) is 58.8 Å². The van der Waals surface area contributed by atoms with E-state index in [1.54, 1.807) is 28.0 Å². The van der Waals surface area contributed by atoms with Crippen LogP contribution in [0.5, 0.6) is 0 Å². The molecule has 2 atom stereocenters. The Bertz CT molecular complexity index is 918. The summed E-state index contributed by atoms with van der Waals surface area (Å²) in [5.74, 6) is 0. The van der Waals surface area contributed by atoms with Gasteiger partial charge in [0.05, 0.1) is 18.8 Å². The van der Waals surface area contributed by atoms with Gasteiger partial charge in [-0.15, -0.1) is 15.3 Å². The predicted molar refractivity (Wildman–Crippen MR) is 103 cm³/mol. The van der Waals surface area contributed by atoms with Crippen LogP contribution in [0, 0.1) is 0 Å². The number of amides is 1. The highest BCUT2D eigenvalue weighted by Gasteiger charge is 2.31. The second kappa shape index (κ2) is 8.99. The van der Waals surface area contributed by atoms with Crippen LogP contribution in [0.1, 0.15) is 30.9 Å². The summed E-state index contributed by atoms with van der Waals surface area (Å²) in [5, 5.41) is 20.0. The van der Waals surface area contributed by atoms with E-state index in [1.165, 1.54) is 11.1 Å². The minimum atomic E-state index is -0.639. The van der Waals surface area contributed by atoms with Crippen LogP contribution < -0.4 is 0 Å². The number of piperidine rings is 1. The minimum Gasteiger partial charge on any atom is -0.439 e. The van der Waals surface area contributed by atoms with Crippen LogP contribution in [0.4, 0.5) is 4.79 Å². The van der Waals surface area contributed by atoms with E-state index in [0.717, 1.165) is 19.3 Å². The molecule has 11 heteroatoms. The highest BCUT2D eigenvalue weighted by Crippen LogP contribution is 2.29. The molecule has 0 radical (unpaired) electrons. The van der Waals surface area contributed by atoms with Gasteiger partial charge in [-0.2, -0.15) is 4.80 Å². The van der Waals surface area contributed by atoms with Gasteiger partial charge < -0.3 is 9.64 Å². The Balaban J connectivity index is 1.52. The maximum atomic E-state index is 13.1. The highest BCUT2D eigenvalue weighted by molar-refractivity contribution is 6.31. The number of aromatic nitrogens is 7. The number of likely N-dealkylation sites (tertiary alicyclic amines) is 1. The Kier molecular flexibility index (Phi) is 5.99. The molecule has 3 aromatic rings. The fourth-order valence-electron chi connectivity index (χ4n) is 3.52. The molecular weight excluding hydrogens is 396 g/mol. The number of hydrogen-bond donors (Lipinski definition) is 0. The molecule has 2 unspecified atom stereocenters. The van der Waals surface area contributed by atoms with Crippen LogP contribution in [0.25, 0.3) is 0 Å². The SMILES string of the molecule is O=C(OC(Cn1ncnn1)c1ccccc1Cl)N1CCCCC1Cn1ccnn1. The summed E-state index contributed by atoms with van der Waals surface area (Å²) in [6.07, 6.45) is 6.61. The van der Waals surface area contributed by atoms with Crippen molar-refractivity contribution in [1.29, 1.82) is 0 Å². The lowest BCUT2D eigenvalue weighted by Crippen LogP contribution is -2.46. The first-order valence-electron chi connectivity index (χ1n) is 9.47. The zero-order valence-electron chi connectivity index (χ0n) is 15.7. The standard InChI is InChI=1S/C18H21ClN8O2/c19-16-7-2-1-6-15(16)17(12-27-22-13-21-24-27)29-18(28)26-9-4-3-5-14(26)11-25-10-8-20-23-25/h1-2,6-8,10,13-14,17H,3-5,9,11-12H2. The van der Waals surface area contributed by atoms with E-state index < -0.39 is 6.10 Å². The first kappa shape index (κ1) is 19.3. The van der Waals surface area contributed by atoms with Crippen molar-refractivity contribution in [2.24, 2.45) is 0 Å². The van der Waals surface area contributed by atoms with Gasteiger partial charge in [-0.05, 0) is 30.5 Å². The van der Waals surface area contributed by atoms with Gasteiger partial charge in [0.15, 0.2) is 12.4 Å². The van der Waals surface area contributed by atoms with Gasteiger partial charge >= 0.3 is 6.09 Å². The van der Waals surface area contributed by atoms with Gasteiger partial charge in [0.2, 0.25) is 0 Å². The summed E-state index contributed by atoms with van der Waals surface area (Å²) < 4.78 is 7.65. The molecule has 1 aliphatic heterocycles. The van der Waals surface area contributed by atoms with E-state index in [2.05, 4.69) is 25.7 Å². The maximum Gasteiger partial charge on any atom is 0.410 e. The summed E-state index contributed by atoms with van der Waals surface area (Å²) >= 11 is 6.36. The Labute approximate surface area is 172 Å². The van der Waals surface area contributed by atoms with Gasteiger partial charge in [0.1, 0.15) is 6.54 Å². The van der Waals surface area contributed by atoms with Crippen molar-refractivity contribution >= 4 is 17.7 Å². The Morgan fingerprint density at radius 2 is 2.14 bits per heavy atom. The van der Waals surface area contributed by atoms with Crippen molar-refractivity contribution in [1.82, 2.24) is 40.1 Å². The molecule has 0 bridgehead atoms. The molecule has 4 rings (SSSR count). The van der Waals surface area contributed by atoms with Gasteiger partial charge in [-0.25, -0.2) is 4.79 Å². The lowest BCUT2D eigenvalue weighted by atomic mass is 10.0. The van der Waals surface area contributed by atoms with Gasteiger partial charge in [-0.1, -0.05) is 35.0 Å². The van der Waals surface area contributed by atoms with Crippen molar-refractivity contribution < 1.29 is 9.53 Å². The number of carbonyl (C=O) groups is 1. The molecule has 1 saturated heterocycles. The van der Waals surface area contributed by atoms with Crippen molar-refractivity contribution in [3.8, 4) is 0 Å². The largest absolute Gasteiger partial charge is 0.439 e. The van der Waals surface area contributed by atoms with Gasteiger partial charge in [0.25, 0.3) is 0 Å². The number of hydrogen-bond acceptors (Lipinski definition) is 7. The third-order valence-corrected chi connectivity index (χ3v) is 5.29. The minimum absolute atomic E-state index is 0.00524. The average molecular weight is 417 g/mol. The molecule has 29 heavy (non-hydrogen) atoms. The third-order valence-electron chi connectivity index (χ3n) is 4.95. The number of nitrogens with zero attached hydrogens (tertiary/aromatic N) is 8. The highest BCUT2D eigenvalue weighted by atomic mass is 35.5. The monoisotopic (exact) mass is 416 g/mol. The van der Waals surface area contributed by atoms with Crippen LogP contribution in [0.3, 0.4) is 0 Å². The lowest BCUT2D eigenvalue weighted by molar-refractivity contribution is 0.0285. The molecule has 0 spiro atoms. The fourth-order valence-corrected chi connectivity index (χ4v) is 3.78. The quantitative estimate of drug-likeness (QED) is 0.607. The van der Waals surface area contributed by atoms with Crippen LogP contribution in [0.15, 0.2) is 43.0 Å². The van der Waals surface area contributed by atoms with E-state index in [-0.39, 0.29) is 18.7 Å². The Morgan fingerprint density at radius 1 is 1.24 bits per heavy atom. The number of benzene rings is 1. The summed E-state index contributed by atoms with van der Waals surface area (Å²) in [4.78, 5) is 16.3. The number of carbonyl (C=O) groups excluding carboxylic acids is 1. The number of halogens is 1. The third kappa shape index (κ3) is 4.70. The average Bonchev–Trinajstić information content (AvgIpc) is 3.42. The van der Waals surface area contributed by atoms with E-state index in [0.29, 0.717) is 23.7 Å². The molecule has 2 aromatic heterocycles. The fraction of sp³-hybridized carbons (Fsp3) is 0.444. The van der Waals surface area contributed by atoms with Crippen LogP contribution in [-0.2, 0) is 17.8 Å². The lowest BCUT2D eigenvalue weighted by Gasteiger charge is -2.35. The number of ether oxygens (including phenoxy) is 1. The molecule has 1 aromatic carbocycles. The smallest absolute Gasteiger partial charge is 0.410 e. The molecular formula is C18H21ClN8O2. The van der Waals surface area contributed by atoms with Crippen molar-refractivity contribution in [2.45, 2.75) is 44.5 Å². The Hall–Kier alpha value is -3.01. The van der Waals surface area contributed by atoms with Crippen molar-refractivity contribution in [3.63, 3.8) is 0 Å². The molecule has 0 saturated carbocycles. The summed E-state index contributed by atoms with van der Waals surface area (Å²) in [6.45, 7) is 1.43. The molecule has 0 N–H and O–H groups in total. The van der Waals surface area contributed by atoms with Gasteiger partial charge in [-0.3, -0.25) is 4.68 Å².